The molecule has 0 bridgehead atoms. The van der Waals surface area contributed by atoms with Crippen molar-refractivity contribution in [1.29, 1.82) is 0 Å². The van der Waals surface area contributed by atoms with E-state index in [4.69, 9.17) is 11.6 Å². The Morgan fingerprint density at radius 2 is 1.95 bits per heavy atom. The average molecular weight is 333 g/mol. The maximum Gasteiger partial charge on any atom is 0.250 e. The Labute approximate surface area is 139 Å². The zero-order valence-electron chi connectivity index (χ0n) is 12.3. The van der Waals surface area contributed by atoms with E-state index in [-0.39, 0.29) is 5.91 Å². The number of hydrazone groups is 1. The number of carbonyl (C=O) groups excluding carboxylic acids is 1. The van der Waals surface area contributed by atoms with Gasteiger partial charge in [0.05, 0.1) is 12.0 Å². The van der Waals surface area contributed by atoms with Gasteiger partial charge in [0.25, 0.3) is 0 Å². The molecule has 0 aliphatic rings. The number of thioether (sulfide) groups is 1. The van der Waals surface area contributed by atoms with Crippen LogP contribution < -0.4 is 5.43 Å². The fourth-order valence-corrected chi connectivity index (χ4v) is 2.89. The normalized spacial score (nSPS) is 10.8. The molecular formula is C17H17ClN2OS. The molecule has 2 aromatic carbocycles. The van der Waals surface area contributed by atoms with Crippen LogP contribution in [0, 0.1) is 6.92 Å². The van der Waals surface area contributed by atoms with Crippen molar-refractivity contribution in [2.75, 3.05) is 5.75 Å². The van der Waals surface area contributed by atoms with E-state index in [2.05, 4.69) is 29.6 Å². The van der Waals surface area contributed by atoms with Crippen molar-refractivity contribution >= 4 is 35.5 Å². The number of nitrogens with zero attached hydrogens (tertiary/aromatic N) is 1. The second kappa shape index (κ2) is 8.61. The number of benzene rings is 2. The molecule has 0 unspecified atom stereocenters. The highest BCUT2D eigenvalue weighted by Gasteiger charge is 2.02. The molecule has 0 saturated heterocycles. The van der Waals surface area contributed by atoms with Gasteiger partial charge in [0, 0.05) is 16.3 Å². The number of aryl methyl sites for hydroxylation is 1. The highest BCUT2D eigenvalue weighted by molar-refractivity contribution is 7.99. The minimum atomic E-state index is -0.123. The summed E-state index contributed by atoms with van der Waals surface area (Å²) in [6.45, 7) is 2.07. The highest BCUT2D eigenvalue weighted by atomic mass is 35.5. The van der Waals surface area contributed by atoms with E-state index in [1.54, 1.807) is 24.0 Å². The minimum Gasteiger partial charge on any atom is -0.272 e. The van der Waals surface area contributed by atoms with Gasteiger partial charge in [-0.15, -0.1) is 11.8 Å². The first-order valence-electron chi connectivity index (χ1n) is 6.85. The lowest BCUT2D eigenvalue weighted by atomic mass is 10.1. The van der Waals surface area contributed by atoms with Gasteiger partial charge in [-0.2, -0.15) is 5.10 Å². The molecule has 1 amide bonds. The molecule has 2 aromatic rings. The molecule has 0 fully saturated rings. The lowest BCUT2D eigenvalue weighted by Crippen LogP contribution is -2.19. The standard InChI is InChI=1S/C17H17ClN2OS/c1-13-6-2-3-8-15(13)11-22-12-17(21)20-19-10-14-7-4-5-9-16(14)18/h2-10H,11-12H2,1H3,(H,20,21)/b19-10-. The second-order valence-corrected chi connectivity index (χ2v) is 6.13. The van der Waals surface area contributed by atoms with E-state index in [0.717, 1.165) is 11.3 Å². The van der Waals surface area contributed by atoms with E-state index < -0.39 is 0 Å². The second-order valence-electron chi connectivity index (χ2n) is 4.73. The molecule has 0 spiro atoms. The Hall–Kier alpha value is -1.78. The van der Waals surface area contributed by atoms with Crippen molar-refractivity contribution in [1.82, 2.24) is 5.43 Å². The van der Waals surface area contributed by atoms with Crippen LogP contribution in [-0.4, -0.2) is 17.9 Å². The molecule has 0 radical (unpaired) electrons. The molecule has 3 nitrogen and oxygen atoms in total. The molecule has 0 aliphatic heterocycles. The van der Waals surface area contributed by atoms with Crippen LogP contribution in [0.5, 0.6) is 0 Å². The maximum absolute atomic E-state index is 11.7. The van der Waals surface area contributed by atoms with E-state index in [9.17, 15) is 4.79 Å². The van der Waals surface area contributed by atoms with Crippen molar-refractivity contribution in [3.05, 3.63) is 70.2 Å². The Bertz CT molecular complexity index is 673. The van der Waals surface area contributed by atoms with Crippen molar-refractivity contribution in [3.63, 3.8) is 0 Å². The minimum absolute atomic E-state index is 0.123. The summed E-state index contributed by atoms with van der Waals surface area (Å²) >= 11 is 7.56. The summed E-state index contributed by atoms with van der Waals surface area (Å²) in [5.74, 6) is 1.06. The summed E-state index contributed by atoms with van der Waals surface area (Å²) in [4.78, 5) is 11.7. The largest absolute Gasteiger partial charge is 0.272 e. The van der Waals surface area contributed by atoms with Crippen LogP contribution >= 0.6 is 23.4 Å². The Morgan fingerprint density at radius 3 is 2.73 bits per heavy atom. The predicted octanol–water partition coefficient (Wildman–Crippen LogP) is 4.03. The Morgan fingerprint density at radius 1 is 1.23 bits per heavy atom. The third-order valence-electron chi connectivity index (χ3n) is 3.05. The monoisotopic (exact) mass is 332 g/mol. The maximum atomic E-state index is 11.7. The number of hydrogen-bond acceptors (Lipinski definition) is 3. The van der Waals surface area contributed by atoms with E-state index in [1.165, 1.54) is 11.1 Å². The van der Waals surface area contributed by atoms with Crippen molar-refractivity contribution < 1.29 is 4.79 Å². The third-order valence-corrected chi connectivity index (χ3v) is 4.38. The van der Waals surface area contributed by atoms with Crippen LogP contribution in [0.3, 0.4) is 0 Å². The van der Waals surface area contributed by atoms with Gasteiger partial charge in [-0.1, -0.05) is 54.1 Å². The van der Waals surface area contributed by atoms with Gasteiger partial charge in [-0.3, -0.25) is 4.79 Å². The van der Waals surface area contributed by atoms with Crippen LogP contribution in [0.25, 0.3) is 0 Å². The summed E-state index contributed by atoms with van der Waals surface area (Å²) in [6, 6.07) is 15.5. The molecule has 0 aromatic heterocycles. The molecule has 5 heteroatoms. The van der Waals surface area contributed by atoms with Crippen molar-refractivity contribution in [2.24, 2.45) is 5.10 Å². The zero-order valence-corrected chi connectivity index (χ0v) is 13.8. The van der Waals surface area contributed by atoms with E-state index in [1.807, 2.05) is 30.3 Å². The van der Waals surface area contributed by atoms with E-state index in [0.29, 0.717) is 10.8 Å². The molecule has 0 aliphatic carbocycles. The van der Waals surface area contributed by atoms with Crippen LogP contribution in [0.1, 0.15) is 16.7 Å². The number of carbonyl (C=O) groups is 1. The SMILES string of the molecule is Cc1ccccc1CSCC(=O)N/N=C\c1ccccc1Cl. The summed E-state index contributed by atoms with van der Waals surface area (Å²) in [6.07, 6.45) is 1.55. The molecule has 0 atom stereocenters. The molecule has 2 rings (SSSR count). The van der Waals surface area contributed by atoms with Crippen LogP contribution in [0.15, 0.2) is 53.6 Å². The highest BCUT2D eigenvalue weighted by Crippen LogP contribution is 2.15. The quantitative estimate of drug-likeness (QED) is 0.641. The number of amides is 1. The molecule has 0 heterocycles. The van der Waals surface area contributed by atoms with Gasteiger partial charge in [0.15, 0.2) is 0 Å². The fourth-order valence-electron chi connectivity index (χ4n) is 1.81. The molecular weight excluding hydrogens is 316 g/mol. The summed E-state index contributed by atoms with van der Waals surface area (Å²) < 4.78 is 0. The summed E-state index contributed by atoms with van der Waals surface area (Å²) in [7, 11) is 0. The topological polar surface area (TPSA) is 41.5 Å². The van der Waals surface area contributed by atoms with Gasteiger partial charge in [0.1, 0.15) is 0 Å². The molecule has 1 N–H and O–H groups in total. The lowest BCUT2D eigenvalue weighted by Gasteiger charge is -2.04. The summed E-state index contributed by atoms with van der Waals surface area (Å²) in [5, 5.41) is 4.53. The first-order valence-corrected chi connectivity index (χ1v) is 8.39. The van der Waals surface area contributed by atoms with Crippen molar-refractivity contribution in [2.45, 2.75) is 12.7 Å². The lowest BCUT2D eigenvalue weighted by molar-refractivity contribution is -0.118. The number of hydrogen-bond donors (Lipinski definition) is 1. The van der Waals surface area contributed by atoms with Crippen LogP contribution in [-0.2, 0) is 10.5 Å². The van der Waals surface area contributed by atoms with Gasteiger partial charge >= 0.3 is 0 Å². The molecule has 114 valence electrons. The smallest absolute Gasteiger partial charge is 0.250 e. The first-order chi connectivity index (χ1) is 10.7. The Balaban J connectivity index is 1.75. The Kier molecular flexibility index (Phi) is 6.49. The van der Waals surface area contributed by atoms with Gasteiger partial charge in [-0.25, -0.2) is 5.43 Å². The molecule has 0 saturated carbocycles. The average Bonchev–Trinajstić information content (AvgIpc) is 2.51. The first kappa shape index (κ1) is 16.6. The van der Waals surface area contributed by atoms with Gasteiger partial charge in [-0.05, 0) is 24.1 Å². The van der Waals surface area contributed by atoms with E-state index >= 15 is 0 Å². The molecule has 22 heavy (non-hydrogen) atoms. The zero-order chi connectivity index (χ0) is 15.8. The van der Waals surface area contributed by atoms with Gasteiger partial charge in [0.2, 0.25) is 5.91 Å². The summed E-state index contributed by atoms with van der Waals surface area (Å²) in [5.41, 5.74) is 5.78. The van der Waals surface area contributed by atoms with Crippen LogP contribution in [0.2, 0.25) is 5.02 Å². The fraction of sp³-hybridized carbons (Fsp3) is 0.176. The van der Waals surface area contributed by atoms with Crippen LogP contribution in [0.4, 0.5) is 0 Å². The third kappa shape index (κ3) is 5.20. The number of nitrogens with one attached hydrogen (secondary N) is 1. The van der Waals surface area contributed by atoms with Crippen molar-refractivity contribution in [3.8, 4) is 0 Å². The number of halogens is 1. The number of rotatable bonds is 6. The van der Waals surface area contributed by atoms with Gasteiger partial charge < -0.3 is 0 Å². The predicted molar refractivity (Wildman–Crippen MR) is 94.5 cm³/mol.